The first-order valence-electron chi connectivity index (χ1n) is 12.2. The molecule has 0 bridgehead atoms. The van der Waals surface area contributed by atoms with Crippen LogP contribution in [0.5, 0.6) is 17.2 Å². The first kappa shape index (κ1) is 25.5. The summed E-state index contributed by atoms with van der Waals surface area (Å²) in [6, 6.07) is 19.1. The average molecular weight is 528 g/mol. The SMILES string of the molecule is CCOc1cc(C=Nn2c(-c3cc4c(OC)cccc4o3)nc3ccccc3c2=O)ccc1O[C@@H](C)C(=O)O. The van der Waals surface area contributed by atoms with Gasteiger partial charge in [-0.2, -0.15) is 9.78 Å². The van der Waals surface area contributed by atoms with Crippen molar-refractivity contribution in [2.75, 3.05) is 13.7 Å². The number of hydrogen-bond acceptors (Lipinski definition) is 8. The largest absolute Gasteiger partial charge is 0.496 e. The van der Waals surface area contributed by atoms with E-state index in [0.29, 0.717) is 45.9 Å². The van der Waals surface area contributed by atoms with Gasteiger partial charge in [0.1, 0.15) is 11.3 Å². The van der Waals surface area contributed by atoms with E-state index in [0.717, 1.165) is 5.39 Å². The van der Waals surface area contributed by atoms with Gasteiger partial charge in [0.25, 0.3) is 5.56 Å². The molecule has 0 saturated carbocycles. The molecule has 0 aliphatic heterocycles. The third-order valence-electron chi connectivity index (χ3n) is 5.96. The molecule has 0 aliphatic carbocycles. The summed E-state index contributed by atoms with van der Waals surface area (Å²) < 4.78 is 23.9. The van der Waals surface area contributed by atoms with Crippen LogP contribution in [0.4, 0.5) is 0 Å². The summed E-state index contributed by atoms with van der Waals surface area (Å²) in [6.07, 6.45) is 0.424. The van der Waals surface area contributed by atoms with Crippen LogP contribution in [-0.2, 0) is 4.79 Å². The van der Waals surface area contributed by atoms with Crippen LogP contribution in [0.15, 0.2) is 81.0 Å². The monoisotopic (exact) mass is 527 g/mol. The zero-order chi connectivity index (χ0) is 27.5. The molecule has 0 aliphatic rings. The van der Waals surface area contributed by atoms with E-state index in [4.69, 9.17) is 23.6 Å². The van der Waals surface area contributed by atoms with Gasteiger partial charge in [0, 0.05) is 0 Å². The molecule has 1 atom stereocenters. The van der Waals surface area contributed by atoms with Crippen molar-refractivity contribution in [3.05, 3.63) is 82.6 Å². The molecule has 10 nitrogen and oxygen atoms in total. The number of benzene rings is 3. The number of methoxy groups -OCH3 is 1. The molecule has 1 N–H and O–H groups in total. The second-order valence-corrected chi connectivity index (χ2v) is 8.53. The quantitative estimate of drug-likeness (QED) is 0.267. The Labute approximate surface area is 222 Å². The first-order chi connectivity index (χ1) is 18.9. The van der Waals surface area contributed by atoms with Crippen molar-refractivity contribution in [2.24, 2.45) is 5.10 Å². The summed E-state index contributed by atoms with van der Waals surface area (Å²) in [5, 5.41) is 14.8. The Balaban J connectivity index is 1.61. The fraction of sp³-hybridized carbons (Fsp3) is 0.172. The van der Waals surface area contributed by atoms with Crippen molar-refractivity contribution >= 4 is 34.1 Å². The van der Waals surface area contributed by atoms with Crippen molar-refractivity contribution in [3.8, 4) is 28.8 Å². The van der Waals surface area contributed by atoms with Crippen molar-refractivity contribution in [1.82, 2.24) is 9.66 Å². The second kappa shape index (κ2) is 10.7. The predicted octanol–water partition coefficient (Wildman–Crippen LogP) is 4.95. The van der Waals surface area contributed by atoms with Crippen molar-refractivity contribution < 1.29 is 28.5 Å². The fourth-order valence-electron chi connectivity index (χ4n) is 4.05. The summed E-state index contributed by atoms with van der Waals surface area (Å²) in [4.78, 5) is 29.5. The third kappa shape index (κ3) is 5.04. The Morgan fingerprint density at radius 1 is 1.08 bits per heavy atom. The lowest BCUT2D eigenvalue weighted by Gasteiger charge is -2.15. The summed E-state index contributed by atoms with van der Waals surface area (Å²) in [5.41, 5.74) is 1.30. The molecule has 10 heteroatoms. The van der Waals surface area contributed by atoms with E-state index in [1.165, 1.54) is 17.8 Å². The van der Waals surface area contributed by atoms with E-state index in [1.807, 2.05) is 12.1 Å². The number of furan rings is 1. The van der Waals surface area contributed by atoms with E-state index >= 15 is 0 Å². The minimum Gasteiger partial charge on any atom is -0.496 e. The summed E-state index contributed by atoms with van der Waals surface area (Å²) >= 11 is 0. The summed E-state index contributed by atoms with van der Waals surface area (Å²) in [5.74, 6) is 0.726. The molecule has 0 radical (unpaired) electrons. The Morgan fingerprint density at radius 2 is 1.90 bits per heavy atom. The van der Waals surface area contributed by atoms with Crippen LogP contribution in [0.3, 0.4) is 0 Å². The van der Waals surface area contributed by atoms with Gasteiger partial charge >= 0.3 is 5.97 Å². The van der Waals surface area contributed by atoms with Gasteiger partial charge in [0.15, 0.2) is 23.4 Å². The van der Waals surface area contributed by atoms with Crippen LogP contribution >= 0.6 is 0 Å². The highest BCUT2D eigenvalue weighted by molar-refractivity contribution is 5.88. The lowest BCUT2D eigenvalue weighted by molar-refractivity contribution is -0.144. The van der Waals surface area contributed by atoms with Gasteiger partial charge in [-0.25, -0.2) is 9.78 Å². The highest BCUT2D eigenvalue weighted by Gasteiger charge is 2.19. The maximum Gasteiger partial charge on any atom is 0.344 e. The maximum atomic E-state index is 13.5. The number of nitrogens with zero attached hydrogens (tertiary/aromatic N) is 3. The first-order valence-corrected chi connectivity index (χ1v) is 12.2. The lowest BCUT2D eigenvalue weighted by atomic mass is 10.2. The van der Waals surface area contributed by atoms with Gasteiger partial charge in [-0.1, -0.05) is 18.2 Å². The minimum absolute atomic E-state index is 0.216. The predicted molar refractivity (Wildman–Crippen MR) is 146 cm³/mol. The van der Waals surface area contributed by atoms with Gasteiger partial charge in [-0.3, -0.25) is 4.79 Å². The highest BCUT2D eigenvalue weighted by atomic mass is 16.5. The zero-order valence-corrected chi connectivity index (χ0v) is 21.5. The molecule has 2 heterocycles. The van der Waals surface area contributed by atoms with Crippen LogP contribution in [0.2, 0.25) is 0 Å². The van der Waals surface area contributed by atoms with E-state index in [9.17, 15) is 14.7 Å². The van der Waals surface area contributed by atoms with Crippen molar-refractivity contribution in [2.45, 2.75) is 20.0 Å². The Hall–Kier alpha value is -5.12. The van der Waals surface area contributed by atoms with E-state index in [1.54, 1.807) is 68.6 Å². The van der Waals surface area contributed by atoms with E-state index in [2.05, 4.69) is 5.10 Å². The molecule has 198 valence electrons. The molecular weight excluding hydrogens is 502 g/mol. The molecule has 0 spiro atoms. The number of carbonyl (C=O) groups is 1. The van der Waals surface area contributed by atoms with Crippen LogP contribution in [0, 0.1) is 0 Å². The number of aliphatic carboxylic acids is 1. The van der Waals surface area contributed by atoms with Gasteiger partial charge in [-0.15, -0.1) is 0 Å². The number of aromatic nitrogens is 2. The fourth-order valence-corrected chi connectivity index (χ4v) is 4.05. The van der Waals surface area contributed by atoms with Crippen LogP contribution in [0.25, 0.3) is 33.5 Å². The topological polar surface area (TPSA) is 125 Å². The van der Waals surface area contributed by atoms with Gasteiger partial charge < -0.3 is 23.7 Å². The maximum absolute atomic E-state index is 13.5. The zero-order valence-electron chi connectivity index (χ0n) is 21.5. The van der Waals surface area contributed by atoms with Gasteiger partial charge in [0.2, 0.25) is 5.82 Å². The van der Waals surface area contributed by atoms with Crippen molar-refractivity contribution in [1.29, 1.82) is 0 Å². The molecule has 0 fully saturated rings. The number of carboxylic acid groups (broad SMARTS) is 1. The van der Waals surface area contributed by atoms with Crippen LogP contribution < -0.4 is 19.8 Å². The standard InChI is InChI=1S/C29H25N3O7/c1-4-37-25-14-18(12-13-24(25)38-17(2)29(34)35)16-30-32-27(31-21-9-6-5-8-19(21)28(32)33)26-15-20-22(36-3)10-7-11-23(20)39-26/h5-17H,4H2,1-3H3,(H,34,35)/t17-/m0/s1. The number of carboxylic acids is 1. The number of para-hydroxylation sites is 1. The smallest absolute Gasteiger partial charge is 0.344 e. The highest BCUT2D eigenvalue weighted by Crippen LogP contribution is 2.33. The molecular formula is C29H25N3O7. The molecule has 0 saturated heterocycles. The molecule has 5 aromatic rings. The van der Waals surface area contributed by atoms with Crippen LogP contribution in [-0.4, -0.2) is 46.8 Å². The number of ether oxygens (including phenoxy) is 3. The van der Waals surface area contributed by atoms with Gasteiger partial charge in [0.05, 0.1) is 36.2 Å². The minimum atomic E-state index is -1.10. The van der Waals surface area contributed by atoms with E-state index in [-0.39, 0.29) is 17.1 Å². The molecule has 0 amide bonds. The number of rotatable bonds is 9. The third-order valence-corrected chi connectivity index (χ3v) is 5.96. The molecule has 0 unspecified atom stereocenters. The molecule has 39 heavy (non-hydrogen) atoms. The Kier molecular flexibility index (Phi) is 7.00. The summed E-state index contributed by atoms with van der Waals surface area (Å²) in [6.45, 7) is 3.58. The second-order valence-electron chi connectivity index (χ2n) is 8.53. The normalized spacial score (nSPS) is 12.2. The number of fused-ring (bicyclic) bond motifs is 2. The number of hydrogen-bond donors (Lipinski definition) is 1. The lowest BCUT2D eigenvalue weighted by Crippen LogP contribution is -2.23. The molecule has 3 aromatic carbocycles. The van der Waals surface area contributed by atoms with E-state index < -0.39 is 12.1 Å². The average Bonchev–Trinajstić information content (AvgIpc) is 3.38. The molecule has 5 rings (SSSR count). The Morgan fingerprint density at radius 3 is 2.67 bits per heavy atom. The van der Waals surface area contributed by atoms with Crippen LogP contribution in [0.1, 0.15) is 19.4 Å². The summed E-state index contributed by atoms with van der Waals surface area (Å²) in [7, 11) is 1.57. The van der Waals surface area contributed by atoms with Gasteiger partial charge in [-0.05, 0) is 67.9 Å². The molecule has 2 aromatic heterocycles. The Bertz CT molecular complexity index is 1770. The van der Waals surface area contributed by atoms with Crippen molar-refractivity contribution in [3.63, 3.8) is 0 Å².